The largest absolute Gasteiger partial charge is 0.497 e. The van der Waals surface area contributed by atoms with Crippen LogP contribution in [-0.2, 0) is 17.6 Å². The van der Waals surface area contributed by atoms with Gasteiger partial charge in [0.25, 0.3) is 0 Å². The normalized spacial score (nSPS) is 11.0. The molecule has 0 spiro atoms. The van der Waals surface area contributed by atoms with Crippen molar-refractivity contribution in [1.82, 2.24) is 0 Å². The summed E-state index contributed by atoms with van der Waals surface area (Å²) in [6.45, 7) is 7.44. The highest BCUT2D eigenvalue weighted by Gasteiger charge is 2.18. The first-order valence-electron chi connectivity index (χ1n) is 9.01. The Labute approximate surface area is 160 Å². The van der Waals surface area contributed by atoms with Crippen LogP contribution < -0.4 is 10.1 Å². The highest BCUT2D eigenvalue weighted by molar-refractivity contribution is 5.99. The maximum absolute atomic E-state index is 12.7. The lowest BCUT2D eigenvalue weighted by Crippen LogP contribution is -2.27. The number of ketones is 1. The molecule has 0 aliphatic heterocycles. The van der Waals surface area contributed by atoms with Crippen LogP contribution in [0, 0.1) is 0 Å². The fraction of sp³-hybridized carbons (Fsp3) is 0.364. The molecular weight excluding hydrogens is 342 g/mol. The number of rotatable bonds is 6. The molecular formula is C22H27NO4. The number of hydrogen-bond acceptors (Lipinski definition) is 4. The number of benzene rings is 2. The fourth-order valence-corrected chi connectivity index (χ4v) is 2.61. The summed E-state index contributed by atoms with van der Waals surface area (Å²) < 4.78 is 10.5. The molecule has 0 aliphatic rings. The van der Waals surface area contributed by atoms with Crippen LogP contribution >= 0.6 is 0 Å². The summed E-state index contributed by atoms with van der Waals surface area (Å²) in [5, 5.41) is 2.73. The quantitative estimate of drug-likeness (QED) is 0.725. The van der Waals surface area contributed by atoms with Crippen LogP contribution in [0.15, 0.2) is 42.5 Å². The second-order valence-electron chi connectivity index (χ2n) is 7.30. The number of carbonyl (C=O) groups excluding carboxylic acids is 2. The van der Waals surface area contributed by atoms with E-state index in [0.717, 1.165) is 12.0 Å². The Morgan fingerprint density at radius 1 is 1.07 bits per heavy atom. The molecule has 2 aromatic rings. The number of ether oxygens (including phenoxy) is 2. The van der Waals surface area contributed by atoms with E-state index in [1.807, 2.05) is 24.3 Å². The second-order valence-corrected chi connectivity index (χ2v) is 7.30. The first kappa shape index (κ1) is 20.5. The fourth-order valence-electron chi connectivity index (χ4n) is 2.61. The summed E-state index contributed by atoms with van der Waals surface area (Å²) in [7, 11) is 1.55. The van der Waals surface area contributed by atoms with Crippen LogP contribution in [0.3, 0.4) is 0 Å². The molecule has 144 valence electrons. The van der Waals surface area contributed by atoms with Crippen molar-refractivity contribution in [1.29, 1.82) is 0 Å². The van der Waals surface area contributed by atoms with Gasteiger partial charge in [0.15, 0.2) is 5.78 Å². The van der Waals surface area contributed by atoms with Gasteiger partial charge in [-0.2, -0.15) is 0 Å². The van der Waals surface area contributed by atoms with Gasteiger partial charge in [-0.1, -0.05) is 31.2 Å². The SMILES string of the molecule is CCc1cccc(C(=O)Cc2ccc(OC)cc2NC(=O)OC(C)(C)C)c1. The zero-order valence-corrected chi connectivity index (χ0v) is 16.6. The average Bonchev–Trinajstić information content (AvgIpc) is 2.61. The van der Waals surface area contributed by atoms with Crippen LogP contribution in [0.25, 0.3) is 0 Å². The molecule has 0 heterocycles. The van der Waals surface area contributed by atoms with Gasteiger partial charge < -0.3 is 9.47 Å². The van der Waals surface area contributed by atoms with E-state index < -0.39 is 11.7 Å². The van der Waals surface area contributed by atoms with Gasteiger partial charge in [0.1, 0.15) is 11.4 Å². The summed E-state index contributed by atoms with van der Waals surface area (Å²) in [6, 6.07) is 12.9. The highest BCUT2D eigenvalue weighted by Crippen LogP contribution is 2.25. The van der Waals surface area contributed by atoms with Gasteiger partial charge in [-0.05, 0) is 50.5 Å². The van der Waals surface area contributed by atoms with Gasteiger partial charge in [0.05, 0.1) is 12.8 Å². The van der Waals surface area contributed by atoms with Gasteiger partial charge in [0.2, 0.25) is 0 Å². The van der Waals surface area contributed by atoms with Gasteiger partial charge in [-0.15, -0.1) is 0 Å². The number of amides is 1. The lowest BCUT2D eigenvalue weighted by Gasteiger charge is -2.20. The van der Waals surface area contributed by atoms with Crippen LogP contribution in [0.1, 0.15) is 49.2 Å². The Morgan fingerprint density at radius 2 is 1.81 bits per heavy atom. The Bertz CT molecular complexity index is 821. The van der Waals surface area contributed by atoms with Gasteiger partial charge in [0, 0.05) is 18.1 Å². The molecule has 5 heteroatoms. The number of methoxy groups -OCH3 is 1. The number of hydrogen-bond donors (Lipinski definition) is 1. The monoisotopic (exact) mass is 369 g/mol. The Morgan fingerprint density at radius 3 is 2.44 bits per heavy atom. The van der Waals surface area contributed by atoms with Gasteiger partial charge in [-0.25, -0.2) is 4.79 Å². The summed E-state index contributed by atoms with van der Waals surface area (Å²) in [4.78, 5) is 24.9. The number of nitrogens with one attached hydrogen (secondary N) is 1. The third-order valence-corrected chi connectivity index (χ3v) is 3.96. The maximum Gasteiger partial charge on any atom is 0.412 e. The molecule has 1 N–H and O–H groups in total. The molecule has 0 unspecified atom stereocenters. The zero-order chi connectivity index (χ0) is 20.0. The minimum atomic E-state index is -0.612. The van der Waals surface area contributed by atoms with Gasteiger partial charge >= 0.3 is 6.09 Å². The predicted octanol–water partition coefficient (Wildman–Crippen LogP) is 5.03. The minimum absolute atomic E-state index is 0.0114. The number of aryl methyl sites for hydroxylation is 1. The van der Waals surface area contributed by atoms with Crippen molar-refractivity contribution in [2.45, 2.75) is 46.1 Å². The third-order valence-electron chi connectivity index (χ3n) is 3.96. The third kappa shape index (κ3) is 6.13. The maximum atomic E-state index is 12.7. The Hall–Kier alpha value is -2.82. The van der Waals surface area contributed by atoms with Crippen molar-refractivity contribution in [3.05, 3.63) is 59.2 Å². The van der Waals surface area contributed by atoms with E-state index >= 15 is 0 Å². The molecule has 0 saturated heterocycles. The summed E-state index contributed by atoms with van der Waals surface area (Å²) in [5.74, 6) is 0.577. The highest BCUT2D eigenvalue weighted by atomic mass is 16.6. The second kappa shape index (κ2) is 8.71. The molecule has 0 aromatic heterocycles. The molecule has 5 nitrogen and oxygen atoms in total. The lowest BCUT2D eigenvalue weighted by atomic mass is 9.99. The molecule has 27 heavy (non-hydrogen) atoms. The molecule has 0 radical (unpaired) electrons. The molecule has 0 fully saturated rings. The number of anilines is 1. The van der Waals surface area contributed by atoms with E-state index in [1.165, 1.54) is 0 Å². The lowest BCUT2D eigenvalue weighted by molar-refractivity contribution is 0.0635. The number of carbonyl (C=O) groups is 2. The molecule has 0 atom stereocenters. The molecule has 2 rings (SSSR count). The molecule has 0 bridgehead atoms. The number of Topliss-reactive ketones (excluding diaryl/α,β-unsaturated/α-hetero) is 1. The minimum Gasteiger partial charge on any atom is -0.497 e. The van der Waals surface area contributed by atoms with Crippen molar-refractivity contribution in [3.63, 3.8) is 0 Å². The molecule has 2 aromatic carbocycles. The van der Waals surface area contributed by atoms with Crippen molar-refractivity contribution in [3.8, 4) is 5.75 Å². The van der Waals surface area contributed by atoms with Crippen molar-refractivity contribution in [2.24, 2.45) is 0 Å². The molecule has 1 amide bonds. The molecule has 0 saturated carbocycles. The Balaban J connectivity index is 2.24. The van der Waals surface area contributed by atoms with E-state index in [9.17, 15) is 9.59 Å². The summed E-state index contributed by atoms with van der Waals surface area (Å²) >= 11 is 0. The summed E-state index contributed by atoms with van der Waals surface area (Å²) in [5.41, 5.74) is 2.37. The van der Waals surface area contributed by atoms with Crippen LogP contribution in [0.4, 0.5) is 10.5 Å². The van der Waals surface area contributed by atoms with E-state index in [0.29, 0.717) is 22.6 Å². The van der Waals surface area contributed by atoms with Crippen LogP contribution in [0.2, 0.25) is 0 Å². The first-order valence-corrected chi connectivity index (χ1v) is 9.01. The van der Waals surface area contributed by atoms with Crippen molar-refractivity contribution in [2.75, 3.05) is 12.4 Å². The van der Waals surface area contributed by atoms with Crippen molar-refractivity contribution >= 4 is 17.6 Å². The van der Waals surface area contributed by atoms with E-state index in [-0.39, 0.29) is 12.2 Å². The first-order chi connectivity index (χ1) is 12.7. The summed E-state index contributed by atoms with van der Waals surface area (Å²) in [6.07, 6.45) is 0.467. The van der Waals surface area contributed by atoms with Crippen LogP contribution in [-0.4, -0.2) is 24.6 Å². The zero-order valence-electron chi connectivity index (χ0n) is 16.6. The van der Waals surface area contributed by atoms with Crippen molar-refractivity contribution < 1.29 is 19.1 Å². The van der Waals surface area contributed by atoms with Gasteiger partial charge in [-0.3, -0.25) is 10.1 Å². The average molecular weight is 369 g/mol. The standard InChI is InChI=1S/C22H27NO4/c1-6-15-8-7-9-17(12-15)20(24)13-16-10-11-18(26-5)14-19(16)23-21(25)27-22(2,3)4/h7-12,14H,6,13H2,1-5H3,(H,23,25). The predicted molar refractivity (Wildman–Crippen MR) is 107 cm³/mol. The van der Waals surface area contributed by atoms with Crippen LogP contribution in [0.5, 0.6) is 5.75 Å². The smallest absolute Gasteiger partial charge is 0.412 e. The van der Waals surface area contributed by atoms with E-state index in [2.05, 4.69) is 12.2 Å². The topological polar surface area (TPSA) is 64.6 Å². The van der Waals surface area contributed by atoms with E-state index in [1.54, 1.807) is 46.1 Å². The molecule has 0 aliphatic carbocycles. The van der Waals surface area contributed by atoms with E-state index in [4.69, 9.17) is 9.47 Å². The Kier molecular flexibility index (Phi) is 6.61.